The molecule has 1 unspecified atom stereocenters. The summed E-state index contributed by atoms with van der Waals surface area (Å²) in [5.74, 6) is -0.838. The quantitative estimate of drug-likeness (QED) is 0.348. The van der Waals surface area contributed by atoms with E-state index >= 15 is 0 Å². The predicted octanol–water partition coefficient (Wildman–Crippen LogP) is 4.14. The topological polar surface area (TPSA) is 79.7 Å². The average molecular weight is 428 g/mol. The van der Waals surface area contributed by atoms with Crippen LogP contribution in [0.1, 0.15) is 29.7 Å². The van der Waals surface area contributed by atoms with Crippen molar-refractivity contribution >= 4 is 17.4 Å². The molecule has 1 aromatic heterocycles. The lowest BCUT2D eigenvalue weighted by molar-refractivity contribution is -0.139. The summed E-state index contributed by atoms with van der Waals surface area (Å²) in [7, 11) is 0. The van der Waals surface area contributed by atoms with Crippen LogP contribution in [0.4, 0.5) is 0 Å². The zero-order valence-corrected chi connectivity index (χ0v) is 17.8. The number of Topliss-reactive ketones (excluding diaryl/α,β-unsaturated/α-hetero) is 1. The number of hydrogen-bond donors (Lipinski definition) is 1. The van der Waals surface area contributed by atoms with Crippen molar-refractivity contribution in [3.05, 3.63) is 101 Å². The lowest BCUT2D eigenvalue weighted by Crippen LogP contribution is -2.31. The van der Waals surface area contributed by atoms with Gasteiger partial charge in [-0.3, -0.25) is 14.6 Å². The highest BCUT2D eigenvalue weighted by molar-refractivity contribution is 6.46. The van der Waals surface area contributed by atoms with Gasteiger partial charge >= 0.3 is 0 Å². The first-order valence-electron chi connectivity index (χ1n) is 10.6. The fourth-order valence-electron chi connectivity index (χ4n) is 3.93. The van der Waals surface area contributed by atoms with Crippen LogP contribution in [0.3, 0.4) is 0 Å². The third-order valence-corrected chi connectivity index (χ3v) is 5.48. The number of rotatable bonds is 7. The number of ether oxygens (including phenoxy) is 1. The molecule has 1 atom stereocenters. The van der Waals surface area contributed by atoms with Gasteiger partial charge in [-0.2, -0.15) is 0 Å². The van der Waals surface area contributed by atoms with Crippen molar-refractivity contribution in [2.45, 2.75) is 19.4 Å². The summed E-state index contributed by atoms with van der Waals surface area (Å²) >= 11 is 0. The Hall–Kier alpha value is -3.93. The number of aromatic nitrogens is 1. The zero-order chi connectivity index (χ0) is 22.5. The van der Waals surface area contributed by atoms with E-state index in [1.54, 1.807) is 48.8 Å². The van der Waals surface area contributed by atoms with Gasteiger partial charge in [0.15, 0.2) is 0 Å². The minimum Gasteiger partial charge on any atom is -0.507 e. The first kappa shape index (κ1) is 21.3. The number of hydrogen-bond acceptors (Lipinski definition) is 5. The first-order chi connectivity index (χ1) is 15.6. The van der Waals surface area contributed by atoms with Crippen LogP contribution in [0.5, 0.6) is 5.75 Å². The molecule has 1 N–H and O–H groups in total. The molecule has 6 heteroatoms. The Balaban J connectivity index is 1.73. The van der Waals surface area contributed by atoms with E-state index in [9.17, 15) is 14.7 Å². The highest BCUT2D eigenvalue weighted by Gasteiger charge is 2.45. The van der Waals surface area contributed by atoms with Gasteiger partial charge in [-0.05, 0) is 60.9 Å². The molecule has 0 bridgehead atoms. The molecule has 1 aliphatic rings. The van der Waals surface area contributed by atoms with Gasteiger partial charge < -0.3 is 14.7 Å². The van der Waals surface area contributed by atoms with Crippen LogP contribution in [0, 0.1) is 0 Å². The van der Waals surface area contributed by atoms with E-state index in [0.29, 0.717) is 30.9 Å². The average Bonchev–Trinajstić information content (AvgIpc) is 3.09. The van der Waals surface area contributed by atoms with E-state index in [1.807, 2.05) is 37.3 Å². The molecule has 32 heavy (non-hydrogen) atoms. The molecule has 0 aliphatic carbocycles. The molecule has 0 spiro atoms. The summed E-state index contributed by atoms with van der Waals surface area (Å²) in [6, 6.07) is 19.4. The normalized spacial score (nSPS) is 17.5. The molecular formula is C26H24N2O4. The number of benzene rings is 2. The van der Waals surface area contributed by atoms with Crippen LogP contribution in [0.2, 0.25) is 0 Å². The summed E-state index contributed by atoms with van der Waals surface area (Å²) in [5, 5.41) is 11.1. The molecule has 2 aromatic carbocycles. The van der Waals surface area contributed by atoms with Gasteiger partial charge in [0.1, 0.15) is 11.5 Å². The van der Waals surface area contributed by atoms with Crippen molar-refractivity contribution in [3.8, 4) is 5.75 Å². The van der Waals surface area contributed by atoms with E-state index < -0.39 is 17.7 Å². The molecule has 6 nitrogen and oxygen atoms in total. The van der Waals surface area contributed by atoms with Crippen molar-refractivity contribution in [3.63, 3.8) is 0 Å². The molecule has 2 heterocycles. The Kier molecular flexibility index (Phi) is 6.31. The molecule has 0 radical (unpaired) electrons. The fraction of sp³-hybridized carbons (Fsp3) is 0.192. The van der Waals surface area contributed by atoms with Crippen molar-refractivity contribution in [1.29, 1.82) is 0 Å². The van der Waals surface area contributed by atoms with Crippen molar-refractivity contribution in [1.82, 2.24) is 9.88 Å². The largest absolute Gasteiger partial charge is 0.507 e. The third kappa shape index (κ3) is 4.25. The molecular weight excluding hydrogens is 404 g/mol. The van der Waals surface area contributed by atoms with Crippen LogP contribution in [0.25, 0.3) is 5.76 Å². The zero-order valence-electron chi connectivity index (χ0n) is 17.8. The summed E-state index contributed by atoms with van der Waals surface area (Å²) in [5.41, 5.74) is 2.32. The van der Waals surface area contributed by atoms with Crippen LogP contribution >= 0.6 is 0 Å². The summed E-state index contributed by atoms with van der Waals surface area (Å²) in [4.78, 5) is 31.6. The molecule has 0 saturated carbocycles. The summed E-state index contributed by atoms with van der Waals surface area (Å²) in [6.07, 6.45) is 3.82. The predicted molar refractivity (Wildman–Crippen MR) is 121 cm³/mol. The summed E-state index contributed by atoms with van der Waals surface area (Å²) in [6.45, 7) is 2.76. The minimum absolute atomic E-state index is 0.0819. The number of ketones is 1. The SMILES string of the molecule is CCOc1ccc(/C(O)=C2\C(=O)C(=O)N(CCc3ccccc3)C2c2ccncc2)cc1. The van der Waals surface area contributed by atoms with Gasteiger partial charge in [0, 0.05) is 24.5 Å². The maximum atomic E-state index is 13.0. The summed E-state index contributed by atoms with van der Waals surface area (Å²) < 4.78 is 5.45. The Morgan fingerprint density at radius 1 is 1.00 bits per heavy atom. The van der Waals surface area contributed by atoms with Crippen molar-refractivity contribution in [2.75, 3.05) is 13.2 Å². The van der Waals surface area contributed by atoms with Gasteiger partial charge in [0.25, 0.3) is 11.7 Å². The highest BCUT2D eigenvalue weighted by atomic mass is 16.5. The van der Waals surface area contributed by atoms with Gasteiger partial charge in [-0.15, -0.1) is 0 Å². The second-order valence-electron chi connectivity index (χ2n) is 7.47. The smallest absolute Gasteiger partial charge is 0.295 e. The minimum atomic E-state index is -0.689. The Morgan fingerprint density at radius 2 is 1.69 bits per heavy atom. The monoisotopic (exact) mass is 428 g/mol. The molecule has 162 valence electrons. The van der Waals surface area contributed by atoms with E-state index in [0.717, 1.165) is 11.1 Å². The molecule has 4 rings (SSSR count). The van der Waals surface area contributed by atoms with Crippen LogP contribution in [-0.4, -0.2) is 39.8 Å². The van der Waals surface area contributed by atoms with E-state index in [2.05, 4.69) is 4.98 Å². The van der Waals surface area contributed by atoms with E-state index in [-0.39, 0.29) is 11.3 Å². The Morgan fingerprint density at radius 3 is 2.34 bits per heavy atom. The number of amides is 1. The molecule has 1 saturated heterocycles. The maximum Gasteiger partial charge on any atom is 0.295 e. The second-order valence-corrected chi connectivity index (χ2v) is 7.47. The first-order valence-corrected chi connectivity index (χ1v) is 10.6. The third-order valence-electron chi connectivity index (χ3n) is 5.48. The second kappa shape index (κ2) is 9.47. The Labute approximate surface area is 186 Å². The number of pyridine rings is 1. The molecule has 1 fully saturated rings. The standard InChI is InChI=1S/C26H24N2O4/c1-2-32-21-10-8-20(9-11-21)24(29)22-23(19-12-15-27-16-13-19)28(26(31)25(22)30)17-14-18-6-4-3-5-7-18/h3-13,15-16,23,29H,2,14,17H2,1H3/b24-22+. The number of carbonyl (C=O) groups is 2. The number of carbonyl (C=O) groups excluding carboxylic acids is 2. The number of aliphatic hydroxyl groups is 1. The van der Waals surface area contributed by atoms with Crippen molar-refractivity contribution < 1.29 is 19.4 Å². The number of nitrogens with zero attached hydrogens (tertiary/aromatic N) is 2. The maximum absolute atomic E-state index is 13.0. The van der Waals surface area contributed by atoms with E-state index in [1.165, 1.54) is 4.90 Å². The molecule has 3 aromatic rings. The fourth-order valence-corrected chi connectivity index (χ4v) is 3.93. The van der Waals surface area contributed by atoms with Crippen molar-refractivity contribution in [2.24, 2.45) is 0 Å². The van der Waals surface area contributed by atoms with Crippen LogP contribution < -0.4 is 4.74 Å². The Bertz CT molecular complexity index is 1130. The van der Waals surface area contributed by atoms with Gasteiger partial charge in [-0.25, -0.2) is 0 Å². The lowest BCUT2D eigenvalue weighted by Gasteiger charge is -2.25. The molecule has 1 amide bonds. The van der Waals surface area contributed by atoms with Crippen LogP contribution in [0.15, 0.2) is 84.7 Å². The van der Waals surface area contributed by atoms with Gasteiger partial charge in [0.05, 0.1) is 18.2 Å². The highest BCUT2D eigenvalue weighted by Crippen LogP contribution is 2.39. The van der Waals surface area contributed by atoms with Gasteiger partial charge in [0.2, 0.25) is 0 Å². The number of likely N-dealkylation sites (tertiary alicyclic amines) is 1. The molecule has 1 aliphatic heterocycles. The number of aliphatic hydroxyl groups excluding tert-OH is 1. The lowest BCUT2D eigenvalue weighted by atomic mass is 9.96. The van der Waals surface area contributed by atoms with Gasteiger partial charge in [-0.1, -0.05) is 30.3 Å². The van der Waals surface area contributed by atoms with Crippen LogP contribution in [-0.2, 0) is 16.0 Å². The van der Waals surface area contributed by atoms with E-state index in [4.69, 9.17) is 4.74 Å².